The lowest BCUT2D eigenvalue weighted by atomic mass is 10.1. The molecule has 2 aliphatic rings. The van der Waals surface area contributed by atoms with Gasteiger partial charge in [0.2, 0.25) is 0 Å². The molecule has 70 valence electrons. The Morgan fingerprint density at radius 2 is 2.31 bits per heavy atom. The molecule has 0 unspecified atom stereocenters. The second kappa shape index (κ2) is 2.55. The van der Waals surface area contributed by atoms with Crippen LogP contribution in [0.15, 0.2) is 5.51 Å². The molecule has 2 aliphatic carbocycles. The van der Waals surface area contributed by atoms with E-state index in [1.807, 2.05) is 5.51 Å². The summed E-state index contributed by atoms with van der Waals surface area (Å²) in [6.07, 6.45) is 6.16. The summed E-state index contributed by atoms with van der Waals surface area (Å²) >= 11 is 1.79. The molecular weight excluding hydrogens is 180 g/mol. The Kier molecular flexibility index (Phi) is 1.56. The molecule has 0 aromatic carbocycles. The van der Waals surface area contributed by atoms with Gasteiger partial charge < -0.3 is 5.73 Å². The number of nitrogens with zero attached hydrogens (tertiary/aromatic N) is 1. The first-order chi connectivity index (χ1) is 6.27. The highest BCUT2D eigenvalue weighted by atomic mass is 32.1. The van der Waals surface area contributed by atoms with Crippen molar-refractivity contribution in [1.82, 2.24) is 4.98 Å². The van der Waals surface area contributed by atoms with Crippen molar-refractivity contribution in [3.8, 4) is 0 Å². The van der Waals surface area contributed by atoms with Crippen LogP contribution in [0.25, 0.3) is 0 Å². The average Bonchev–Trinajstić information content (AvgIpc) is 2.99. The van der Waals surface area contributed by atoms with Crippen molar-refractivity contribution < 1.29 is 0 Å². The van der Waals surface area contributed by atoms with E-state index in [0.29, 0.717) is 0 Å². The maximum absolute atomic E-state index is 6.11. The van der Waals surface area contributed by atoms with Crippen molar-refractivity contribution in [1.29, 1.82) is 0 Å². The van der Waals surface area contributed by atoms with Crippen molar-refractivity contribution >= 4 is 11.3 Å². The van der Waals surface area contributed by atoms with Gasteiger partial charge in [0.25, 0.3) is 0 Å². The third kappa shape index (κ3) is 1.51. The van der Waals surface area contributed by atoms with Crippen LogP contribution in [0.4, 0.5) is 0 Å². The van der Waals surface area contributed by atoms with E-state index >= 15 is 0 Å². The number of rotatable bonds is 3. The highest BCUT2D eigenvalue weighted by Gasteiger charge is 2.40. The average molecular weight is 194 g/mol. The molecular formula is C10H14N2S. The largest absolute Gasteiger partial charge is 0.325 e. The summed E-state index contributed by atoms with van der Waals surface area (Å²) in [6.45, 7) is 0. The Labute approximate surface area is 82.2 Å². The number of hydrogen-bond acceptors (Lipinski definition) is 3. The SMILES string of the molecule is NC1(Cc2scnc2C2CC2)CC1. The van der Waals surface area contributed by atoms with Crippen molar-refractivity contribution in [3.63, 3.8) is 0 Å². The monoisotopic (exact) mass is 194 g/mol. The van der Waals surface area contributed by atoms with E-state index in [0.717, 1.165) is 12.3 Å². The van der Waals surface area contributed by atoms with Gasteiger partial charge in [-0.3, -0.25) is 0 Å². The van der Waals surface area contributed by atoms with Gasteiger partial charge in [-0.2, -0.15) is 0 Å². The summed E-state index contributed by atoms with van der Waals surface area (Å²) in [6, 6.07) is 0. The summed E-state index contributed by atoms with van der Waals surface area (Å²) in [4.78, 5) is 5.91. The van der Waals surface area contributed by atoms with Gasteiger partial charge in [0, 0.05) is 22.8 Å². The van der Waals surface area contributed by atoms with E-state index in [9.17, 15) is 0 Å². The fourth-order valence-electron chi connectivity index (χ4n) is 1.76. The Morgan fingerprint density at radius 1 is 1.54 bits per heavy atom. The zero-order valence-corrected chi connectivity index (χ0v) is 8.44. The molecule has 0 aliphatic heterocycles. The van der Waals surface area contributed by atoms with Crippen LogP contribution in [-0.4, -0.2) is 10.5 Å². The van der Waals surface area contributed by atoms with E-state index in [4.69, 9.17) is 5.73 Å². The number of aromatic nitrogens is 1. The van der Waals surface area contributed by atoms with Crippen molar-refractivity contribution in [3.05, 3.63) is 16.1 Å². The van der Waals surface area contributed by atoms with E-state index in [2.05, 4.69) is 4.98 Å². The van der Waals surface area contributed by atoms with Crippen LogP contribution in [0.2, 0.25) is 0 Å². The van der Waals surface area contributed by atoms with Gasteiger partial charge in [-0.25, -0.2) is 4.98 Å². The molecule has 1 aromatic rings. The van der Waals surface area contributed by atoms with Crippen LogP contribution < -0.4 is 5.73 Å². The molecule has 2 N–H and O–H groups in total. The molecule has 0 spiro atoms. The highest BCUT2D eigenvalue weighted by molar-refractivity contribution is 7.09. The van der Waals surface area contributed by atoms with Crippen LogP contribution in [0.1, 0.15) is 42.2 Å². The van der Waals surface area contributed by atoms with E-state index in [1.54, 1.807) is 11.3 Å². The molecule has 3 rings (SSSR count). The van der Waals surface area contributed by atoms with Crippen molar-refractivity contribution in [2.75, 3.05) is 0 Å². The van der Waals surface area contributed by atoms with E-state index < -0.39 is 0 Å². The molecule has 2 fully saturated rings. The summed E-state index contributed by atoms with van der Waals surface area (Å²) < 4.78 is 0. The lowest BCUT2D eigenvalue weighted by Crippen LogP contribution is -2.24. The molecule has 3 heteroatoms. The topological polar surface area (TPSA) is 38.9 Å². The Bertz CT molecular complexity index is 323. The fourth-order valence-corrected chi connectivity index (χ4v) is 2.76. The zero-order valence-electron chi connectivity index (χ0n) is 7.62. The van der Waals surface area contributed by atoms with Gasteiger partial charge in [-0.05, 0) is 25.7 Å². The molecule has 2 saturated carbocycles. The first-order valence-corrected chi connectivity index (χ1v) is 5.86. The molecule has 0 radical (unpaired) electrons. The van der Waals surface area contributed by atoms with Crippen LogP contribution >= 0.6 is 11.3 Å². The molecule has 1 aromatic heterocycles. The minimum atomic E-state index is 0.149. The number of nitrogens with two attached hydrogens (primary N) is 1. The Balaban J connectivity index is 1.82. The van der Waals surface area contributed by atoms with Gasteiger partial charge in [0.1, 0.15) is 0 Å². The van der Waals surface area contributed by atoms with Gasteiger partial charge in [0.15, 0.2) is 0 Å². The van der Waals surface area contributed by atoms with Gasteiger partial charge in [-0.1, -0.05) is 0 Å². The van der Waals surface area contributed by atoms with Crippen LogP contribution in [-0.2, 0) is 6.42 Å². The fraction of sp³-hybridized carbons (Fsp3) is 0.700. The summed E-state index contributed by atoms with van der Waals surface area (Å²) in [5.41, 5.74) is 9.60. The van der Waals surface area contributed by atoms with Crippen LogP contribution in [0, 0.1) is 0 Å². The van der Waals surface area contributed by atoms with Gasteiger partial charge in [-0.15, -0.1) is 11.3 Å². The van der Waals surface area contributed by atoms with Crippen LogP contribution in [0.5, 0.6) is 0 Å². The van der Waals surface area contributed by atoms with Crippen molar-refractivity contribution in [2.45, 2.75) is 43.6 Å². The molecule has 2 nitrogen and oxygen atoms in total. The predicted octanol–water partition coefficient (Wildman–Crippen LogP) is 2.05. The first kappa shape index (κ1) is 7.94. The smallest absolute Gasteiger partial charge is 0.0797 e. The quantitative estimate of drug-likeness (QED) is 0.800. The second-order valence-electron chi connectivity index (χ2n) is 4.47. The molecule has 1 heterocycles. The highest BCUT2D eigenvalue weighted by Crippen LogP contribution is 2.44. The van der Waals surface area contributed by atoms with E-state index in [1.165, 1.54) is 36.3 Å². The maximum atomic E-state index is 6.11. The second-order valence-corrected chi connectivity index (χ2v) is 5.41. The lowest BCUT2D eigenvalue weighted by molar-refractivity contribution is 0.673. The van der Waals surface area contributed by atoms with Crippen molar-refractivity contribution in [2.24, 2.45) is 5.73 Å². The number of hydrogen-bond donors (Lipinski definition) is 1. The summed E-state index contributed by atoms with van der Waals surface area (Å²) in [5.74, 6) is 0.781. The lowest BCUT2D eigenvalue weighted by Gasteiger charge is -2.07. The summed E-state index contributed by atoms with van der Waals surface area (Å²) in [5, 5.41) is 0. The van der Waals surface area contributed by atoms with E-state index in [-0.39, 0.29) is 5.54 Å². The maximum Gasteiger partial charge on any atom is 0.0797 e. The minimum absolute atomic E-state index is 0.149. The number of thiazole rings is 1. The molecule has 0 atom stereocenters. The standard InChI is InChI=1S/C10H14N2S/c11-10(3-4-10)5-8-9(7-1-2-7)12-6-13-8/h6-7H,1-5,11H2. The molecule has 0 bridgehead atoms. The first-order valence-electron chi connectivity index (χ1n) is 4.98. The Morgan fingerprint density at radius 3 is 2.92 bits per heavy atom. The molecule has 0 amide bonds. The van der Waals surface area contributed by atoms with Crippen LogP contribution in [0.3, 0.4) is 0 Å². The minimum Gasteiger partial charge on any atom is -0.325 e. The normalized spacial score (nSPS) is 24.7. The third-order valence-corrected chi connectivity index (χ3v) is 3.89. The molecule has 0 saturated heterocycles. The molecule has 13 heavy (non-hydrogen) atoms. The Hall–Kier alpha value is -0.410. The third-order valence-electron chi connectivity index (χ3n) is 3.04. The zero-order chi connectivity index (χ0) is 8.89. The predicted molar refractivity (Wildman–Crippen MR) is 53.9 cm³/mol. The van der Waals surface area contributed by atoms with Gasteiger partial charge in [0.05, 0.1) is 11.2 Å². The summed E-state index contributed by atoms with van der Waals surface area (Å²) in [7, 11) is 0. The van der Waals surface area contributed by atoms with Gasteiger partial charge >= 0.3 is 0 Å².